The highest BCUT2D eigenvalue weighted by molar-refractivity contribution is 6.42. The molecule has 0 radical (unpaired) electrons. The second-order valence-corrected chi connectivity index (χ2v) is 7.56. The first-order valence-electron chi connectivity index (χ1n) is 9.22. The summed E-state index contributed by atoms with van der Waals surface area (Å²) in [7, 11) is 0. The molecule has 0 aliphatic carbocycles. The van der Waals surface area contributed by atoms with E-state index >= 15 is 0 Å². The maximum Gasteiger partial charge on any atom is 0.255 e. The monoisotopic (exact) mass is 444 g/mol. The number of ether oxygens (including phenoxy) is 3. The smallest absolute Gasteiger partial charge is 0.255 e. The minimum Gasteiger partial charge on any atom is -0.439 e. The Kier molecular flexibility index (Phi) is 5.92. The number of amides is 1. The van der Waals surface area contributed by atoms with Crippen molar-refractivity contribution in [1.29, 1.82) is 0 Å². The zero-order valence-corrected chi connectivity index (χ0v) is 17.5. The SMILES string of the molecule is CC1(c2cccc(Oc3ccc(NC(=O)c4ccc(Cl)c(Cl)c4)cn3)c2)OCCO1. The van der Waals surface area contributed by atoms with E-state index in [0.29, 0.717) is 46.1 Å². The van der Waals surface area contributed by atoms with Gasteiger partial charge in [-0.2, -0.15) is 0 Å². The average molecular weight is 445 g/mol. The molecule has 0 bridgehead atoms. The van der Waals surface area contributed by atoms with E-state index in [-0.39, 0.29) is 5.91 Å². The lowest BCUT2D eigenvalue weighted by molar-refractivity contribution is -0.149. The normalized spacial score (nSPS) is 15.0. The first kappa shape index (κ1) is 20.6. The van der Waals surface area contributed by atoms with Crippen molar-refractivity contribution in [1.82, 2.24) is 4.98 Å². The fourth-order valence-electron chi connectivity index (χ4n) is 3.00. The average Bonchev–Trinajstić information content (AvgIpc) is 3.19. The molecule has 1 fully saturated rings. The van der Waals surface area contributed by atoms with Crippen LogP contribution in [0.1, 0.15) is 22.8 Å². The summed E-state index contributed by atoms with van der Waals surface area (Å²) in [5, 5.41) is 3.46. The van der Waals surface area contributed by atoms with Crippen LogP contribution in [0, 0.1) is 0 Å². The summed E-state index contributed by atoms with van der Waals surface area (Å²) < 4.78 is 17.2. The molecule has 2 heterocycles. The van der Waals surface area contributed by atoms with Crippen LogP contribution in [-0.2, 0) is 15.3 Å². The summed E-state index contributed by atoms with van der Waals surface area (Å²) in [6.45, 7) is 2.99. The number of halogens is 2. The lowest BCUT2D eigenvalue weighted by Crippen LogP contribution is -2.22. The van der Waals surface area contributed by atoms with Gasteiger partial charge in [0.1, 0.15) is 5.75 Å². The number of aromatic nitrogens is 1. The summed E-state index contributed by atoms with van der Waals surface area (Å²) in [5.41, 5.74) is 1.78. The lowest BCUT2D eigenvalue weighted by atomic mass is 10.1. The van der Waals surface area contributed by atoms with Gasteiger partial charge >= 0.3 is 0 Å². The molecule has 4 rings (SSSR count). The largest absolute Gasteiger partial charge is 0.439 e. The van der Waals surface area contributed by atoms with Gasteiger partial charge in [0.05, 0.1) is 35.1 Å². The second kappa shape index (κ2) is 8.62. The second-order valence-electron chi connectivity index (χ2n) is 6.74. The molecular weight excluding hydrogens is 427 g/mol. The maximum atomic E-state index is 12.4. The molecule has 154 valence electrons. The first-order chi connectivity index (χ1) is 14.4. The number of benzene rings is 2. The standard InChI is InChI=1S/C22H18Cl2N2O4/c1-22(28-9-10-29-22)15-3-2-4-17(12-15)30-20-8-6-16(13-25-20)26-21(27)14-5-7-18(23)19(24)11-14/h2-8,11-13H,9-10H2,1H3,(H,26,27). The van der Waals surface area contributed by atoms with Crippen LogP contribution in [-0.4, -0.2) is 24.1 Å². The molecule has 1 aliphatic rings. The van der Waals surface area contributed by atoms with Crippen molar-refractivity contribution >= 4 is 34.8 Å². The number of rotatable bonds is 5. The highest BCUT2D eigenvalue weighted by atomic mass is 35.5. The molecule has 1 saturated heterocycles. The Labute approximate surface area is 183 Å². The van der Waals surface area contributed by atoms with E-state index in [1.807, 2.05) is 31.2 Å². The van der Waals surface area contributed by atoms with Crippen molar-refractivity contribution in [3.63, 3.8) is 0 Å². The van der Waals surface area contributed by atoms with Crippen molar-refractivity contribution < 1.29 is 19.0 Å². The molecule has 2 aromatic carbocycles. The van der Waals surface area contributed by atoms with Gasteiger partial charge in [0.25, 0.3) is 5.91 Å². The third kappa shape index (κ3) is 4.57. The Morgan fingerprint density at radius 3 is 2.57 bits per heavy atom. The molecule has 0 spiro atoms. The predicted molar refractivity (Wildman–Crippen MR) is 114 cm³/mol. The zero-order chi connectivity index (χ0) is 21.1. The molecule has 8 heteroatoms. The van der Waals surface area contributed by atoms with E-state index in [1.54, 1.807) is 24.3 Å². The van der Waals surface area contributed by atoms with E-state index in [9.17, 15) is 4.79 Å². The molecular formula is C22H18Cl2N2O4. The number of nitrogens with zero attached hydrogens (tertiary/aromatic N) is 1. The molecule has 30 heavy (non-hydrogen) atoms. The summed E-state index contributed by atoms with van der Waals surface area (Å²) in [5.74, 6) is -0.0987. The third-order valence-corrected chi connectivity index (χ3v) is 5.33. The van der Waals surface area contributed by atoms with Gasteiger partial charge in [-0.1, -0.05) is 35.3 Å². The van der Waals surface area contributed by atoms with Gasteiger partial charge in [0.2, 0.25) is 5.88 Å². The number of nitrogens with one attached hydrogen (secondary N) is 1. The van der Waals surface area contributed by atoms with Crippen molar-refractivity contribution in [2.24, 2.45) is 0 Å². The molecule has 1 N–H and O–H groups in total. The van der Waals surface area contributed by atoms with Crippen molar-refractivity contribution in [3.8, 4) is 11.6 Å². The van der Waals surface area contributed by atoms with Crippen LogP contribution in [0.25, 0.3) is 0 Å². The maximum absolute atomic E-state index is 12.4. The van der Waals surface area contributed by atoms with Crippen LogP contribution >= 0.6 is 23.2 Å². The first-order valence-corrected chi connectivity index (χ1v) is 9.97. The highest BCUT2D eigenvalue weighted by Gasteiger charge is 2.33. The van der Waals surface area contributed by atoms with Gasteiger partial charge in [-0.15, -0.1) is 0 Å². The summed E-state index contributed by atoms with van der Waals surface area (Å²) in [6.07, 6.45) is 1.51. The van der Waals surface area contributed by atoms with Crippen LogP contribution in [0.2, 0.25) is 10.0 Å². The molecule has 0 unspecified atom stereocenters. The zero-order valence-electron chi connectivity index (χ0n) is 16.0. The fraction of sp³-hybridized carbons (Fsp3) is 0.182. The van der Waals surface area contributed by atoms with Crippen LogP contribution < -0.4 is 10.1 Å². The lowest BCUT2D eigenvalue weighted by Gasteiger charge is -2.23. The number of anilines is 1. The topological polar surface area (TPSA) is 69.7 Å². The van der Waals surface area contributed by atoms with Gasteiger partial charge in [0.15, 0.2) is 5.79 Å². The molecule has 1 aliphatic heterocycles. The number of hydrogen-bond acceptors (Lipinski definition) is 5. The summed E-state index contributed by atoms with van der Waals surface area (Å²) in [6, 6.07) is 15.5. The van der Waals surface area contributed by atoms with Crippen LogP contribution in [0.5, 0.6) is 11.6 Å². The molecule has 0 atom stereocenters. The van der Waals surface area contributed by atoms with E-state index in [1.165, 1.54) is 12.3 Å². The molecule has 6 nitrogen and oxygen atoms in total. The molecule has 0 saturated carbocycles. The Hall–Kier alpha value is -2.64. The summed E-state index contributed by atoms with van der Waals surface area (Å²) in [4.78, 5) is 16.6. The Balaban J connectivity index is 1.42. The van der Waals surface area contributed by atoms with E-state index in [2.05, 4.69) is 10.3 Å². The van der Waals surface area contributed by atoms with Crippen LogP contribution in [0.15, 0.2) is 60.8 Å². The van der Waals surface area contributed by atoms with Crippen molar-refractivity contribution in [2.75, 3.05) is 18.5 Å². The van der Waals surface area contributed by atoms with Gasteiger partial charge in [-0.25, -0.2) is 4.98 Å². The Bertz CT molecular complexity index is 1070. The van der Waals surface area contributed by atoms with E-state index < -0.39 is 5.79 Å². The molecule has 1 aromatic heterocycles. The number of hydrogen-bond donors (Lipinski definition) is 1. The molecule has 3 aromatic rings. The van der Waals surface area contributed by atoms with Crippen LogP contribution in [0.3, 0.4) is 0 Å². The van der Waals surface area contributed by atoms with Crippen LogP contribution in [0.4, 0.5) is 5.69 Å². The number of carbonyl (C=O) groups is 1. The van der Waals surface area contributed by atoms with Gasteiger partial charge in [-0.05, 0) is 43.3 Å². The number of pyridine rings is 1. The minimum absolute atomic E-state index is 0.315. The van der Waals surface area contributed by atoms with E-state index in [0.717, 1.165) is 5.56 Å². The van der Waals surface area contributed by atoms with Gasteiger partial charge in [0, 0.05) is 17.2 Å². The highest BCUT2D eigenvalue weighted by Crippen LogP contribution is 2.33. The Morgan fingerprint density at radius 1 is 1.07 bits per heavy atom. The fourth-order valence-corrected chi connectivity index (χ4v) is 3.30. The van der Waals surface area contributed by atoms with Gasteiger partial charge in [-0.3, -0.25) is 4.79 Å². The minimum atomic E-state index is -0.772. The third-order valence-electron chi connectivity index (χ3n) is 4.60. The van der Waals surface area contributed by atoms with Gasteiger partial charge < -0.3 is 19.5 Å². The Morgan fingerprint density at radius 2 is 1.87 bits per heavy atom. The van der Waals surface area contributed by atoms with E-state index in [4.69, 9.17) is 37.4 Å². The van der Waals surface area contributed by atoms with Crippen molar-refractivity contribution in [2.45, 2.75) is 12.7 Å². The predicted octanol–water partition coefficient (Wildman–Crippen LogP) is 5.65. The number of carbonyl (C=O) groups excluding carboxylic acids is 1. The quantitative estimate of drug-likeness (QED) is 0.550. The molecule has 1 amide bonds. The summed E-state index contributed by atoms with van der Waals surface area (Å²) >= 11 is 11.8. The van der Waals surface area contributed by atoms with Crippen molar-refractivity contribution in [3.05, 3.63) is 82.0 Å².